The second kappa shape index (κ2) is 8.10. The van der Waals surface area contributed by atoms with Crippen LogP contribution in [0.1, 0.15) is 28.7 Å². The van der Waals surface area contributed by atoms with Crippen LogP contribution in [-0.4, -0.2) is 28.8 Å². The van der Waals surface area contributed by atoms with E-state index in [4.69, 9.17) is 9.15 Å². The van der Waals surface area contributed by atoms with Gasteiger partial charge in [0, 0.05) is 12.1 Å². The zero-order valence-corrected chi connectivity index (χ0v) is 17.0. The lowest BCUT2D eigenvalue weighted by Crippen LogP contribution is -2.29. The minimum Gasteiger partial charge on any atom is -0.507 e. The normalized spacial score (nSPS) is 17.9. The number of carbonyl (C=O) groups is 2. The second-order valence-corrected chi connectivity index (χ2v) is 7.23. The maximum Gasteiger partial charge on any atom is 0.296 e. The second-order valence-electron chi connectivity index (χ2n) is 7.23. The van der Waals surface area contributed by atoms with Gasteiger partial charge in [-0.05, 0) is 61.0 Å². The molecule has 6 nitrogen and oxygen atoms in total. The molecule has 1 fully saturated rings. The van der Waals surface area contributed by atoms with E-state index in [9.17, 15) is 19.1 Å². The van der Waals surface area contributed by atoms with E-state index in [-0.39, 0.29) is 23.4 Å². The van der Waals surface area contributed by atoms with Crippen LogP contribution in [0.25, 0.3) is 5.76 Å². The van der Waals surface area contributed by atoms with Crippen LogP contribution < -0.4 is 4.74 Å². The van der Waals surface area contributed by atoms with Crippen LogP contribution in [0.5, 0.6) is 5.75 Å². The van der Waals surface area contributed by atoms with E-state index in [0.717, 1.165) is 5.56 Å². The number of aliphatic hydroxyl groups excluding tert-OH is 1. The summed E-state index contributed by atoms with van der Waals surface area (Å²) in [4.78, 5) is 27.3. The summed E-state index contributed by atoms with van der Waals surface area (Å²) in [5, 5.41) is 10.9. The fraction of sp³-hybridized carbons (Fsp3) is 0.167. The Morgan fingerprint density at radius 3 is 2.52 bits per heavy atom. The van der Waals surface area contributed by atoms with Gasteiger partial charge in [0.2, 0.25) is 0 Å². The van der Waals surface area contributed by atoms with Crippen LogP contribution in [0.4, 0.5) is 4.39 Å². The topological polar surface area (TPSA) is 80.0 Å². The monoisotopic (exact) mass is 421 g/mol. The van der Waals surface area contributed by atoms with Crippen LogP contribution in [0, 0.1) is 12.7 Å². The van der Waals surface area contributed by atoms with Crippen LogP contribution in [0.15, 0.2) is 70.7 Å². The number of benzene rings is 2. The molecule has 1 aliphatic rings. The van der Waals surface area contributed by atoms with E-state index in [2.05, 4.69) is 0 Å². The Bertz CT molecular complexity index is 1180. The summed E-state index contributed by atoms with van der Waals surface area (Å²) in [6, 6.07) is 14.7. The molecule has 1 aromatic heterocycles. The predicted molar refractivity (Wildman–Crippen MR) is 111 cm³/mol. The van der Waals surface area contributed by atoms with Gasteiger partial charge in [0.15, 0.2) is 0 Å². The Morgan fingerprint density at radius 1 is 1.13 bits per heavy atom. The van der Waals surface area contributed by atoms with Crippen LogP contribution >= 0.6 is 0 Å². The molecule has 1 aliphatic heterocycles. The highest BCUT2D eigenvalue weighted by molar-refractivity contribution is 6.46. The molecule has 2 aromatic carbocycles. The molecule has 1 unspecified atom stereocenters. The van der Waals surface area contributed by atoms with E-state index in [1.165, 1.54) is 29.2 Å². The number of amides is 1. The molecule has 1 saturated heterocycles. The zero-order chi connectivity index (χ0) is 22.1. The number of aryl methyl sites for hydroxylation is 1. The minimum absolute atomic E-state index is 0.103. The minimum atomic E-state index is -0.926. The number of Topliss-reactive ketones (excluding diaryl/α,β-unsaturated/α-hetero) is 1. The fourth-order valence-corrected chi connectivity index (χ4v) is 3.67. The van der Waals surface area contributed by atoms with Gasteiger partial charge in [0.05, 0.1) is 12.7 Å². The summed E-state index contributed by atoms with van der Waals surface area (Å²) in [5.41, 5.74) is 0.874. The average Bonchev–Trinajstić information content (AvgIpc) is 3.30. The summed E-state index contributed by atoms with van der Waals surface area (Å²) in [6.45, 7) is 1.85. The van der Waals surface area contributed by atoms with Crippen molar-refractivity contribution in [1.29, 1.82) is 0 Å². The van der Waals surface area contributed by atoms with E-state index in [1.807, 2.05) is 6.07 Å². The number of methoxy groups -OCH3 is 1. The van der Waals surface area contributed by atoms with Gasteiger partial charge >= 0.3 is 0 Å². The lowest BCUT2D eigenvalue weighted by Gasteiger charge is -2.23. The summed E-state index contributed by atoms with van der Waals surface area (Å²) >= 11 is 0. The number of hydrogen-bond donors (Lipinski definition) is 1. The van der Waals surface area contributed by atoms with E-state index in [1.54, 1.807) is 44.4 Å². The van der Waals surface area contributed by atoms with Crippen molar-refractivity contribution in [1.82, 2.24) is 4.90 Å². The Hall–Kier alpha value is -3.87. The van der Waals surface area contributed by atoms with E-state index >= 15 is 0 Å². The van der Waals surface area contributed by atoms with Crippen molar-refractivity contribution >= 4 is 17.4 Å². The summed E-state index contributed by atoms with van der Waals surface area (Å²) in [5.74, 6) is -0.883. The Morgan fingerprint density at radius 2 is 1.87 bits per heavy atom. The number of ketones is 1. The van der Waals surface area contributed by atoms with Crippen molar-refractivity contribution in [2.45, 2.75) is 19.5 Å². The number of likely N-dealkylation sites (tertiary alicyclic amines) is 1. The molecule has 7 heteroatoms. The molecular weight excluding hydrogens is 401 g/mol. The first-order valence-corrected chi connectivity index (χ1v) is 9.62. The van der Waals surface area contributed by atoms with Gasteiger partial charge < -0.3 is 19.2 Å². The first-order valence-electron chi connectivity index (χ1n) is 9.62. The van der Waals surface area contributed by atoms with Crippen LogP contribution in [-0.2, 0) is 16.1 Å². The molecular formula is C24H20FNO5. The average molecular weight is 421 g/mol. The van der Waals surface area contributed by atoms with Crippen molar-refractivity contribution in [3.63, 3.8) is 0 Å². The van der Waals surface area contributed by atoms with E-state index in [0.29, 0.717) is 17.3 Å². The van der Waals surface area contributed by atoms with Gasteiger partial charge in [-0.3, -0.25) is 9.59 Å². The van der Waals surface area contributed by atoms with Gasteiger partial charge in [-0.1, -0.05) is 12.1 Å². The molecule has 31 heavy (non-hydrogen) atoms. The zero-order valence-electron chi connectivity index (χ0n) is 17.0. The lowest BCUT2D eigenvalue weighted by atomic mass is 9.99. The molecule has 158 valence electrons. The largest absolute Gasteiger partial charge is 0.507 e. The Balaban J connectivity index is 1.82. The van der Waals surface area contributed by atoms with Gasteiger partial charge in [0.25, 0.3) is 11.7 Å². The fourth-order valence-electron chi connectivity index (χ4n) is 3.67. The number of ether oxygens (including phenoxy) is 1. The number of furan rings is 1. The third kappa shape index (κ3) is 3.82. The molecule has 1 N–H and O–H groups in total. The van der Waals surface area contributed by atoms with Crippen LogP contribution in [0.2, 0.25) is 0 Å². The number of halogens is 1. The van der Waals surface area contributed by atoms with Crippen molar-refractivity contribution in [2.24, 2.45) is 0 Å². The summed E-state index contributed by atoms with van der Waals surface area (Å²) in [7, 11) is 1.54. The van der Waals surface area contributed by atoms with Crippen molar-refractivity contribution in [3.8, 4) is 5.75 Å². The van der Waals surface area contributed by atoms with Crippen molar-refractivity contribution < 1.29 is 28.2 Å². The molecule has 3 aromatic rings. The SMILES string of the molecule is COc1cccc(CN2C(=O)C(=O)/C(=C(\O)c3ccc(F)cc3)C2c2ccc(C)o2)c1. The first kappa shape index (κ1) is 20.4. The molecule has 0 bridgehead atoms. The molecule has 1 amide bonds. The first-order chi connectivity index (χ1) is 14.9. The summed E-state index contributed by atoms with van der Waals surface area (Å²) < 4.78 is 24.3. The molecule has 4 rings (SSSR count). The molecule has 0 spiro atoms. The van der Waals surface area contributed by atoms with Gasteiger partial charge in [-0.25, -0.2) is 4.39 Å². The quantitative estimate of drug-likeness (QED) is 0.376. The number of nitrogens with zero attached hydrogens (tertiary/aromatic N) is 1. The number of aliphatic hydroxyl groups is 1. The standard InChI is InChI=1S/C24H20FNO5/c1-14-6-11-19(31-14)21-20(22(27)16-7-9-17(25)10-8-16)23(28)24(29)26(21)13-15-4-3-5-18(12-15)30-2/h3-12,21,27H,13H2,1-2H3/b22-20-. The Kier molecular flexibility index (Phi) is 5.33. The predicted octanol–water partition coefficient (Wildman–Crippen LogP) is 4.36. The number of hydrogen-bond acceptors (Lipinski definition) is 5. The molecule has 0 radical (unpaired) electrons. The number of carbonyl (C=O) groups excluding carboxylic acids is 2. The third-order valence-corrected chi connectivity index (χ3v) is 5.18. The maximum atomic E-state index is 13.3. The van der Waals surface area contributed by atoms with Crippen molar-refractivity contribution in [3.05, 3.63) is 94.7 Å². The third-order valence-electron chi connectivity index (χ3n) is 5.18. The van der Waals surface area contributed by atoms with E-state index < -0.39 is 23.5 Å². The highest BCUT2D eigenvalue weighted by Crippen LogP contribution is 2.41. The Labute approximate surface area is 178 Å². The lowest BCUT2D eigenvalue weighted by molar-refractivity contribution is -0.140. The molecule has 1 atom stereocenters. The molecule has 0 saturated carbocycles. The number of rotatable bonds is 5. The molecule has 2 heterocycles. The van der Waals surface area contributed by atoms with Gasteiger partial charge in [-0.2, -0.15) is 0 Å². The van der Waals surface area contributed by atoms with Gasteiger partial charge in [0.1, 0.15) is 34.9 Å². The van der Waals surface area contributed by atoms with Crippen molar-refractivity contribution in [2.75, 3.05) is 7.11 Å². The maximum absolute atomic E-state index is 13.3. The van der Waals surface area contributed by atoms with Crippen LogP contribution in [0.3, 0.4) is 0 Å². The van der Waals surface area contributed by atoms with Gasteiger partial charge in [-0.15, -0.1) is 0 Å². The highest BCUT2D eigenvalue weighted by atomic mass is 19.1. The summed E-state index contributed by atoms with van der Waals surface area (Å²) in [6.07, 6.45) is 0. The smallest absolute Gasteiger partial charge is 0.296 e. The highest BCUT2D eigenvalue weighted by Gasteiger charge is 2.47. The molecule has 0 aliphatic carbocycles.